The second-order valence-electron chi connectivity index (χ2n) is 7.31. The second kappa shape index (κ2) is 8.95. The molecule has 6 heteroatoms. The Morgan fingerprint density at radius 2 is 1.67 bits per heavy atom. The predicted molar refractivity (Wildman–Crippen MR) is 118 cm³/mol. The summed E-state index contributed by atoms with van der Waals surface area (Å²) in [5.74, 6) is 1.45. The molecule has 6 nitrogen and oxygen atoms in total. The smallest absolute Gasteiger partial charge is 0.257 e. The van der Waals surface area contributed by atoms with Gasteiger partial charge in [-0.1, -0.05) is 43.3 Å². The molecule has 30 heavy (non-hydrogen) atoms. The maximum atomic E-state index is 12.9. The number of ether oxygens (including phenoxy) is 1. The molecule has 0 saturated carbocycles. The van der Waals surface area contributed by atoms with Crippen LogP contribution in [0.2, 0.25) is 0 Å². The van der Waals surface area contributed by atoms with Gasteiger partial charge in [-0.2, -0.15) is 0 Å². The van der Waals surface area contributed by atoms with Gasteiger partial charge >= 0.3 is 0 Å². The van der Waals surface area contributed by atoms with Crippen LogP contribution in [-0.4, -0.2) is 54.3 Å². The largest absolute Gasteiger partial charge is 0.496 e. The first kappa shape index (κ1) is 19.9. The molecule has 1 saturated heterocycles. The van der Waals surface area contributed by atoms with Crippen LogP contribution in [0.4, 0.5) is 5.82 Å². The number of hydrogen-bond donors (Lipinski definition) is 0. The van der Waals surface area contributed by atoms with Crippen LogP contribution < -0.4 is 9.64 Å². The fraction of sp³-hybridized carbons (Fsp3) is 0.292. The molecule has 0 spiro atoms. The van der Waals surface area contributed by atoms with Gasteiger partial charge in [0.15, 0.2) is 5.82 Å². The summed E-state index contributed by atoms with van der Waals surface area (Å²) in [4.78, 5) is 16.9. The number of nitrogens with zero attached hydrogens (tertiary/aromatic N) is 4. The van der Waals surface area contributed by atoms with Gasteiger partial charge in [-0.3, -0.25) is 4.79 Å². The van der Waals surface area contributed by atoms with E-state index in [2.05, 4.69) is 46.3 Å². The van der Waals surface area contributed by atoms with Gasteiger partial charge in [0.1, 0.15) is 5.75 Å². The third kappa shape index (κ3) is 4.13. The van der Waals surface area contributed by atoms with Crippen LogP contribution >= 0.6 is 0 Å². The summed E-state index contributed by atoms with van der Waals surface area (Å²) in [6, 6.07) is 19.8. The van der Waals surface area contributed by atoms with Crippen molar-refractivity contribution in [2.24, 2.45) is 0 Å². The first-order valence-corrected chi connectivity index (χ1v) is 10.3. The minimum Gasteiger partial charge on any atom is -0.496 e. The maximum Gasteiger partial charge on any atom is 0.257 e. The van der Waals surface area contributed by atoms with Gasteiger partial charge in [-0.05, 0) is 36.2 Å². The van der Waals surface area contributed by atoms with E-state index >= 15 is 0 Å². The van der Waals surface area contributed by atoms with Crippen LogP contribution in [0.5, 0.6) is 5.75 Å². The van der Waals surface area contributed by atoms with Gasteiger partial charge in [0.05, 0.1) is 18.4 Å². The van der Waals surface area contributed by atoms with Crippen molar-refractivity contribution in [3.63, 3.8) is 0 Å². The topological polar surface area (TPSA) is 58.6 Å². The molecular weight excluding hydrogens is 376 g/mol. The number of amides is 1. The highest BCUT2D eigenvalue weighted by Gasteiger charge is 2.24. The van der Waals surface area contributed by atoms with E-state index in [1.54, 1.807) is 7.11 Å². The molecule has 2 heterocycles. The van der Waals surface area contributed by atoms with Gasteiger partial charge in [-0.25, -0.2) is 0 Å². The number of carbonyl (C=O) groups excluding carboxylic acids is 1. The monoisotopic (exact) mass is 402 g/mol. The molecule has 4 rings (SSSR count). The number of methoxy groups -OCH3 is 1. The van der Waals surface area contributed by atoms with E-state index in [4.69, 9.17) is 4.74 Å². The molecule has 1 aromatic heterocycles. The average molecular weight is 402 g/mol. The predicted octanol–water partition coefficient (Wildman–Crippen LogP) is 3.68. The molecule has 2 aromatic carbocycles. The second-order valence-corrected chi connectivity index (χ2v) is 7.31. The van der Waals surface area contributed by atoms with Crippen molar-refractivity contribution in [2.45, 2.75) is 13.3 Å². The lowest BCUT2D eigenvalue weighted by Gasteiger charge is -2.35. The molecule has 0 bridgehead atoms. The molecule has 1 fully saturated rings. The Morgan fingerprint density at radius 1 is 0.933 bits per heavy atom. The molecule has 0 N–H and O–H groups in total. The zero-order chi connectivity index (χ0) is 20.9. The van der Waals surface area contributed by atoms with E-state index in [0.29, 0.717) is 24.4 Å². The van der Waals surface area contributed by atoms with E-state index in [9.17, 15) is 4.79 Å². The van der Waals surface area contributed by atoms with Crippen LogP contribution in [0.25, 0.3) is 11.3 Å². The first-order chi connectivity index (χ1) is 14.7. The minimum absolute atomic E-state index is 0.00376. The number of piperazine rings is 1. The van der Waals surface area contributed by atoms with Crippen molar-refractivity contribution in [1.82, 2.24) is 15.1 Å². The molecule has 0 radical (unpaired) electrons. The Hall–Kier alpha value is -3.41. The number of para-hydroxylation sites is 1. The number of benzene rings is 2. The van der Waals surface area contributed by atoms with Crippen LogP contribution in [0.3, 0.4) is 0 Å². The van der Waals surface area contributed by atoms with Crippen molar-refractivity contribution in [3.05, 3.63) is 71.8 Å². The van der Waals surface area contributed by atoms with E-state index in [-0.39, 0.29) is 5.91 Å². The van der Waals surface area contributed by atoms with Gasteiger partial charge in [0, 0.05) is 31.7 Å². The first-order valence-electron chi connectivity index (χ1n) is 10.3. The van der Waals surface area contributed by atoms with Crippen molar-refractivity contribution < 1.29 is 9.53 Å². The van der Waals surface area contributed by atoms with E-state index in [1.807, 2.05) is 41.3 Å². The Morgan fingerprint density at radius 3 is 2.30 bits per heavy atom. The third-order valence-electron chi connectivity index (χ3n) is 5.54. The number of anilines is 1. The molecule has 0 unspecified atom stereocenters. The molecule has 0 aliphatic carbocycles. The lowest BCUT2D eigenvalue weighted by atomic mass is 10.1. The van der Waals surface area contributed by atoms with Gasteiger partial charge < -0.3 is 14.5 Å². The van der Waals surface area contributed by atoms with Gasteiger partial charge in [-0.15, -0.1) is 10.2 Å². The third-order valence-corrected chi connectivity index (χ3v) is 5.54. The van der Waals surface area contributed by atoms with Crippen molar-refractivity contribution in [1.29, 1.82) is 0 Å². The molecule has 1 aliphatic heterocycles. The van der Waals surface area contributed by atoms with Gasteiger partial charge in [0.2, 0.25) is 0 Å². The summed E-state index contributed by atoms with van der Waals surface area (Å²) in [7, 11) is 1.59. The highest BCUT2D eigenvalue weighted by atomic mass is 16.5. The highest BCUT2D eigenvalue weighted by Crippen LogP contribution is 2.22. The molecule has 3 aromatic rings. The van der Waals surface area contributed by atoms with Gasteiger partial charge in [0.25, 0.3) is 5.91 Å². The lowest BCUT2D eigenvalue weighted by molar-refractivity contribution is 0.0743. The number of hydrogen-bond acceptors (Lipinski definition) is 5. The highest BCUT2D eigenvalue weighted by molar-refractivity contribution is 5.97. The van der Waals surface area contributed by atoms with Crippen LogP contribution in [0.1, 0.15) is 22.8 Å². The summed E-state index contributed by atoms with van der Waals surface area (Å²) in [5, 5.41) is 8.84. The van der Waals surface area contributed by atoms with Crippen LogP contribution in [0, 0.1) is 0 Å². The van der Waals surface area contributed by atoms with E-state index in [0.717, 1.165) is 36.6 Å². The van der Waals surface area contributed by atoms with Crippen molar-refractivity contribution in [2.75, 3.05) is 38.2 Å². The van der Waals surface area contributed by atoms with Crippen LogP contribution in [0.15, 0.2) is 60.7 Å². The Labute approximate surface area is 177 Å². The standard InChI is InChI=1S/C24H26N4O2/c1-3-18-8-10-19(11-9-18)21-12-13-23(26-25-21)27-14-16-28(17-15-27)24(29)20-6-4-5-7-22(20)30-2/h4-13H,3,14-17H2,1-2H3. The maximum absolute atomic E-state index is 12.9. The zero-order valence-electron chi connectivity index (χ0n) is 17.4. The molecule has 1 aliphatic rings. The number of aromatic nitrogens is 2. The fourth-order valence-corrected chi connectivity index (χ4v) is 3.69. The Bertz CT molecular complexity index is 994. The number of aryl methyl sites for hydroxylation is 1. The zero-order valence-corrected chi connectivity index (χ0v) is 17.4. The number of rotatable bonds is 5. The molecule has 0 atom stereocenters. The molecule has 154 valence electrons. The quantitative estimate of drug-likeness (QED) is 0.652. The average Bonchev–Trinajstić information content (AvgIpc) is 2.84. The summed E-state index contributed by atoms with van der Waals surface area (Å²) < 4.78 is 5.33. The van der Waals surface area contributed by atoms with Crippen molar-refractivity contribution >= 4 is 11.7 Å². The van der Waals surface area contributed by atoms with E-state index in [1.165, 1.54) is 5.56 Å². The summed E-state index contributed by atoms with van der Waals surface area (Å²) in [6.45, 7) is 4.87. The summed E-state index contributed by atoms with van der Waals surface area (Å²) in [6.07, 6.45) is 1.02. The number of carbonyl (C=O) groups is 1. The fourth-order valence-electron chi connectivity index (χ4n) is 3.69. The van der Waals surface area contributed by atoms with Crippen LogP contribution in [-0.2, 0) is 6.42 Å². The summed E-state index contributed by atoms with van der Waals surface area (Å²) in [5.41, 5.74) is 3.85. The minimum atomic E-state index is 0.00376. The Kier molecular flexibility index (Phi) is 5.93. The SMILES string of the molecule is CCc1ccc(-c2ccc(N3CCN(C(=O)c4ccccc4OC)CC3)nn2)cc1. The lowest BCUT2D eigenvalue weighted by Crippen LogP contribution is -2.49. The summed E-state index contributed by atoms with van der Waals surface area (Å²) >= 11 is 0. The molecule has 1 amide bonds. The normalized spacial score (nSPS) is 13.9. The molecular formula is C24H26N4O2. The van der Waals surface area contributed by atoms with E-state index < -0.39 is 0 Å². The Balaban J connectivity index is 1.39. The van der Waals surface area contributed by atoms with Crippen molar-refractivity contribution in [3.8, 4) is 17.0 Å².